The Labute approximate surface area is 124 Å². The van der Waals surface area contributed by atoms with Crippen LogP contribution in [0.5, 0.6) is 5.75 Å². The van der Waals surface area contributed by atoms with Crippen LogP contribution in [0.2, 0.25) is 0 Å². The van der Waals surface area contributed by atoms with Gasteiger partial charge >= 0.3 is 0 Å². The number of hydrogen-bond acceptors (Lipinski definition) is 4. The molecule has 3 N–H and O–H groups in total. The first-order valence-corrected chi connectivity index (χ1v) is 6.20. The van der Waals surface area contributed by atoms with Gasteiger partial charge in [-0.1, -0.05) is 0 Å². The van der Waals surface area contributed by atoms with Crippen LogP contribution < -0.4 is 10.5 Å². The van der Waals surface area contributed by atoms with Crippen molar-refractivity contribution in [3.63, 3.8) is 0 Å². The second-order valence-electron chi connectivity index (χ2n) is 4.51. The molecule has 20 heavy (non-hydrogen) atoms. The molecule has 0 fully saturated rings. The summed E-state index contributed by atoms with van der Waals surface area (Å²) in [4.78, 5) is 0. The molecule has 0 saturated carbocycles. The first-order valence-electron chi connectivity index (χ1n) is 6.20. The van der Waals surface area contributed by atoms with Crippen molar-refractivity contribution in [2.24, 2.45) is 5.73 Å². The largest absolute Gasteiger partial charge is 0.497 e. The van der Waals surface area contributed by atoms with Crippen LogP contribution in [0.3, 0.4) is 0 Å². The first-order chi connectivity index (χ1) is 9.15. The van der Waals surface area contributed by atoms with Gasteiger partial charge in [0.15, 0.2) is 0 Å². The van der Waals surface area contributed by atoms with Crippen LogP contribution in [0.25, 0.3) is 5.69 Å². The van der Waals surface area contributed by atoms with Crippen LogP contribution in [0.15, 0.2) is 30.5 Å². The predicted octanol–water partition coefficient (Wildman–Crippen LogP) is 1.47. The summed E-state index contributed by atoms with van der Waals surface area (Å²) in [6.07, 6.45) is 2.42. The monoisotopic (exact) mass is 297 g/mol. The molecule has 0 saturated heterocycles. The van der Waals surface area contributed by atoms with E-state index >= 15 is 0 Å². The zero-order valence-corrected chi connectivity index (χ0v) is 12.4. The molecule has 1 unspecified atom stereocenters. The average Bonchev–Trinajstić information content (AvgIpc) is 2.80. The van der Waals surface area contributed by atoms with E-state index in [1.165, 1.54) is 0 Å². The van der Waals surface area contributed by atoms with E-state index in [0.29, 0.717) is 6.42 Å². The van der Waals surface area contributed by atoms with Gasteiger partial charge in [-0.05, 0) is 43.2 Å². The number of rotatable bonds is 5. The minimum Gasteiger partial charge on any atom is -0.497 e. The molecule has 2 rings (SSSR count). The van der Waals surface area contributed by atoms with Crippen molar-refractivity contribution >= 4 is 12.4 Å². The van der Waals surface area contributed by atoms with Crippen LogP contribution in [0, 0.1) is 6.92 Å². The maximum Gasteiger partial charge on any atom is 0.119 e. The molecule has 1 aromatic carbocycles. The fourth-order valence-corrected chi connectivity index (χ4v) is 1.97. The normalized spacial score (nSPS) is 11.8. The number of nitrogens with two attached hydrogens (primary N) is 1. The lowest BCUT2D eigenvalue weighted by atomic mass is 10.1. The number of halogens is 1. The van der Waals surface area contributed by atoms with E-state index in [-0.39, 0.29) is 25.1 Å². The van der Waals surface area contributed by atoms with Crippen molar-refractivity contribution in [2.45, 2.75) is 19.4 Å². The molecular formula is C14H20ClN3O2. The first kappa shape index (κ1) is 16.5. The van der Waals surface area contributed by atoms with E-state index in [4.69, 9.17) is 15.6 Å². The van der Waals surface area contributed by atoms with E-state index in [9.17, 15) is 0 Å². The summed E-state index contributed by atoms with van der Waals surface area (Å²) >= 11 is 0. The van der Waals surface area contributed by atoms with Gasteiger partial charge in [-0.3, -0.25) is 0 Å². The Balaban J connectivity index is 0.00000200. The van der Waals surface area contributed by atoms with Gasteiger partial charge in [0, 0.05) is 11.7 Å². The number of aromatic nitrogens is 2. The molecule has 1 heterocycles. The Morgan fingerprint density at radius 3 is 2.55 bits per heavy atom. The summed E-state index contributed by atoms with van der Waals surface area (Å²) in [5, 5.41) is 13.4. The van der Waals surface area contributed by atoms with E-state index in [2.05, 4.69) is 5.10 Å². The quantitative estimate of drug-likeness (QED) is 0.876. The maximum absolute atomic E-state index is 9.00. The average molecular weight is 298 g/mol. The van der Waals surface area contributed by atoms with E-state index < -0.39 is 0 Å². The highest BCUT2D eigenvalue weighted by Crippen LogP contribution is 2.18. The molecule has 2 aromatic rings. The Bertz CT molecular complexity index is 540. The van der Waals surface area contributed by atoms with E-state index in [0.717, 1.165) is 22.7 Å². The van der Waals surface area contributed by atoms with Gasteiger partial charge in [-0.25, -0.2) is 4.68 Å². The summed E-state index contributed by atoms with van der Waals surface area (Å²) in [6, 6.07) is 7.46. The third kappa shape index (κ3) is 3.50. The fraction of sp³-hybridized carbons (Fsp3) is 0.357. The molecule has 0 aliphatic carbocycles. The topological polar surface area (TPSA) is 73.3 Å². The third-order valence-corrected chi connectivity index (χ3v) is 3.15. The van der Waals surface area contributed by atoms with Crippen LogP contribution in [0.1, 0.15) is 11.3 Å². The van der Waals surface area contributed by atoms with Crippen LogP contribution >= 0.6 is 12.4 Å². The maximum atomic E-state index is 9.00. The Hall–Kier alpha value is -1.56. The number of aliphatic hydroxyl groups excluding tert-OH is 1. The predicted molar refractivity (Wildman–Crippen MR) is 80.9 cm³/mol. The molecule has 0 bridgehead atoms. The summed E-state index contributed by atoms with van der Waals surface area (Å²) in [5.74, 6) is 0.816. The van der Waals surface area contributed by atoms with Gasteiger partial charge in [0.2, 0.25) is 0 Å². The van der Waals surface area contributed by atoms with Gasteiger partial charge in [0.25, 0.3) is 0 Å². The highest BCUT2D eigenvalue weighted by atomic mass is 35.5. The highest BCUT2D eigenvalue weighted by Gasteiger charge is 2.11. The molecule has 5 nitrogen and oxygen atoms in total. The summed E-state index contributed by atoms with van der Waals surface area (Å²) in [7, 11) is 1.64. The third-order valence-electron chi connectivity index (χ3n) is 3.15. The molecule has 0 radical (unpaired) electrons. The van der Waals surface area contributed by atoms with E-state index in [1.807, 2.05) is 35.9 Å². The Kier molecular flexibility index (Phi) is 6.01. The van der Waals surface area contributed by atoms with Gasteiger partial charge in [0.05, 0.1) is 25.6 Å². The van der Waals surface area contributed by atoms with Crippen molar-refractivity contribution in [1.29, 1.82) is 0 Å². The van der Waals surface area contributed by atoms with Gasteiger partial charge < -0.3 is 15.6 Å². The van der Waals surface area contributed by atoms with E-state index in [1.54, 1.807) is 13.3 Å². The second kappa shape index (κ2) is 7.28. The minimum absolute atomic E-state index is 0. The number of hydrogen-bond donors (Lipinski definition) is 2. The van der Waals surface area contributed by atoms with Crippen LogP contribution in [-0.2, 0) is 6.42 Å². The number of nitrogens with zero attached hydrogens (tertiary/aromatic N) is 2. The number of methoxy groups -OCH3 is 1. The summed E-state index contributed by atoms with van der Waals surface area (Å²) in [5.41, 5.74) is 8.82. The van der Waals surface area contributed by atoms with Crippen molar-refractivity contribution in [2.75, 3.05) is 13.7 Å². The van der Waals surface area contributed by atoms with Crippen LogP contribution in [-0.4, -0.2) is 34.6 Å². The molecule has 6 heteroatoms. The lowest BCUT2D eigenvalue weighted by Crippen LogP contribution is -2.27. The smallest absolute Gasteiger partial charge is 0.119 e. The molecule has 1 aromatic heterocycles. The van der Waals surface area contributed by atoms with Crippen molar-refractivity contribution in [3.8, 4) is 11.4 Å². The molecule has 0 amide bonds. The zero-order chi connectivity index (χ0) is 13.8. The second-order valence-corrected chi connectivity index (χ2v) is 4.51. The molecule has 1 atom stereocenters. The van der Waals surface area contributed by atoms with Crippen molar-refractivity contribution < 1.29 is 9.84 Å². The molecular weight excluding hydrogens is 278 g/mol. The van der Waals surface area contributed by atoms with Gasteiger partial charge in [0.1, 0.15) is 5.75 Å². The van der Waals surface area contributed by atoms with Crippen LogP contribution in [0.4, 0.5) is 0 Å². The molecule has 0 spiro atoms. The zero-order valence-electron chi connectivity index (χ0n) is 11.6. The van der Waals surface area contributed by atoms with Crippen molar-refractivity contribution in [3.05, 3.63) is 41.7 Å². The number of ether oxygens (including phenoxy) is 1. The lowest BCUT2D eigenvalue weighted by molar-refractivity contribution is 0.265. The molecule has 0 aliphatic rings. The molecule has 0 aliphatic heterocycles. The summed E-state index contributed by atoms with van der Waals surface area (Å²) in [6.45, 7) is 1.98. The minimum atomic E-state index is -0.243. The Morgan fingerprint density at radius 2 is 2.00 bits per heavy atom. The van der Waals surface area contributed by atoms with Crippen molar-refractivity contribution in [1.82, 2.24) is 9.78 Å². The number of aliphatic hydroxyl groups is 1. The summed E-state index contributed by atoms with van der Waals surface area (Å²) < 4.78 is 6.99. The fourth-order valence-electron chi connectivity index (χ4n) is 1.97. The molecule has 110 valence electrons. The Morgan fingerprint density at radius 1 is 1.35 bits per heavy atom. The lowest BCUT2D eigenvalue weighted by Gasteiger charge is -2.09. The van der Waals surface area contributed by atoms with Gasteiger partial charge in [-0.15, -0.1) is 12.4 Å². The number of benzene rings is 1. The standard InChI is InChI=1S/C14H19N3O2.ClH/c1-10-11(7-12(15)9-18)8-16-17(10)13-3-5-14(19-2)6-4-13;/h3-6,8,12,18H,7,9,15H2,1-2H3;1H. The van der Waals surface area contributed by atoms with Gasteiger partial charge in [-0.2, -0.15) is 5.10 Å². The SMILES string of the molecule is COc1ccc(-n2ncc(CC(N)CO)c2C)cc1.Cl. The highest BCUT2D eigenvalue weighted by molar-refractivity contribution is 5.85.